The predicted octanol–water partition coefficient (Wildman–Crippen LogP) is 6.30. The molecule has 4 aromatic rings. The van der Waals surface area contributed by atoms with Crippen molar-refractivity contribution in [1.29, 1.82) is 0 Å². The Bertz CT molecular complexity index is 1780. The highest BCUT2D eigenvalue weighted by atomic mass is 19.4. The van der Waals surface area contributed by atoms with Gasteiger partial charge in [0.1, 0.15) is 11.6 Å². The lowest BCUT2D eigenvalue weighted by Gasteiger charge is -2.35. The molecule has 6 rings (SSSR count). The van der Waals surface area contributed by atoms with Crippen LogP contribution in [0.1, 0.15) is 28.4 Å². The fourth-order valence-corrected chi connectivity index (χ4v) is 5.44. The van der Waals surface area contributed by atoms with Gasteiger partial charge in [0.2, 0.25) is 5.95 Å². The number of aromatic nitrogens is 2. The number of urea groups is 1. The van der Waals surface area contributed by atoms with E-state index in [1.165, 1.54) is 35.1 Å². The van der Waals surface area contributed by atoms with Gasteiger partial charge in [-0.25, -0.2) is 9.78 Å². The predicted molar refractivity (Wildman–Crippen MR) is 172 cm³/mol. The number of morpholine rings is 1. The first kappa shape index (κ1) is 31.6. The number of nitrogens with zero attached hydrogens (tertiary/aromatic N) is 5. The Morgan fingerprint density at radius 2 is 1.77 bits per heavy atom. The minimum absolute atomic E-state index is 0.132. The third kappa shape index (κ3) is 6.92. The van der Waals surface area contributed by atoms with E-state index in [4.69, 9.17) is 9.47 Å². The molecule has 11 nitrogen and oxygen atoms in total. The lowest BCUT2D eigenvalue weighted by atomic mass is 10.1. The highest BCUT2D eigenvalue weighted by Crippen LogP contribution is 2.35. The minimum atomic E-state index is -4.59. The van der Waals surface area contributed by atoms with E-state index < -0.39 is 17.6 Å². The van der Waals surface area contributed by atoms with E-state index in [1.807, 2.05) is 31.2 Å². The van der Waals surface area contributed by atoms with Crippen LogP contribution in [0.2, 0.25) is 0 Å². The van der Waals surface area contributed by atoms with Gasteiger partial charge < -0.3 is 25.0 Å². The number of anilines is 6. The van der Waals surface area contributed by atoms with Crippen molar-refractivity contribution >= 4 is 46.5 Å². The van der Waals surface area contributed by atoms with Crippen molar-refractivity contribution < 1.29 is 32.2 Å². The molecule has 0 unspecified atom stereocenters. The average molecular weight is 648 g/mol. The molecular weight excluding hydrogens is 615 g/mol. The molecule has 2 N–H and O–H groups in total. The maximum atomic E-state index is 13.8. The minimum Gasteiger partial charge on any atom is -0.497 e. The monoisotopic (exact) mass is 647 g/mol. The molecule has 3 amide bonds. The van der Waals surface area contributed by atoms with Crippen molar-refractivity contribution in [2.75, 3.05) is 65.3 Å². The van der Waals surface area contributed by atoms with Gasteiger partial charge >= 0.3 is 12.2 Å². The molecule has 0 spiro atoms. The SMILES string of the molecule is CCN1C(=O)N(c2cc(NC(=O)c3cccc(C(F)(F)F)c3)cc(OC)c2)Cc2cnc(Nc3ccc(N4CCOCC4)cc3)nc21. The first-order valence-electron chi connectivity index (χ1n) is 15.0. The van der Waals surface area contributed by atoms with E-state index in [-0.39, 0.29) is 23.8 Å². The Balaban J connectivity index is 1.21. The Kier molecular flexibility index (Phi) is 8.85. The second-order valence-electron chi connectivity index (χ2n) is 10.9. The van der Waals surface area contributed by atoms with E-state index in [9.17, 15) is 22.8 Å². The molecule has 47 heavy (non-hydrogen) atoms. The topological polar surface area (TPSA) is 112 Å². The summed E-state index contributed by atoms with van der Waals surface area (Å²) in [5, 5.41) is 5.84. The van der Waals surface area contributed by atoms with Crippen LogP contribution in [0.3, 0.4) is 0 Å². The number of halogens is 3. The number of alkyl halides is 3. The molecule has 1 fully saturated rings. The quantitative estimate of drug-likeness (QED) is 0.229. The molecule has 3 heterocycles. The zero-order chi connectivity index (χ0) is 33.1. The second-order valence-corrected chi connectivity index (χ2v) is 10.9. The zero-order valence-corrected chi connectivity index (χ0v) is 25.7. The Hall–Kier alpha value is -5.37. The summed E-state index contributed by atoms with van der Waals surface area (Å²) in [7, 11) is 1.43. The van der Waals surface area contributed by atoms with Crippen LogP contribution in [0.15, 0.2) is 72.9 Å². The summed E-state index contributed by atoms with van der Waals surface area (Å²) in [5.41, 5.74) is 2.12. The number of carbonyl (C=O) groups is 2. The van der Waals surface area contributed by atoms with Crippen molar-refractivity contribution in [2.45, 2.75) is 19.6 Å². The zero-order valence-electron chi connectivity index (χ0n) is 25.7. The number of methoxy groups -OCH3 is 1. The maximum Gasteiger partial charge on any atom is 0.416 e. The summed E-state index contributed by atoms with van der Waals surface area (Å²) in [6, 6.07) is 16.4. The Morgan fingerprint density at radius 1 is 1.00 bits per heavy atom. The van der Waals surface area contributed by atoms with Gasteiger partial charge in [-0.2, -0.15) is 18.2 Å². The molecule has 0 aliphatic carbocycles. The van der Waals surface area contributed by atoms with Gasteiger partial charge in [0.25, 0.3) is 5.91 Å². The number of benzene rings is 3. The number of nitrogens with one attached hydrogen (secondary N) is 2. The van der Waals surface area contributed by atoms with Crippen molar-refractivity contribution in [2.24, 2.45) is 0 Å². The lowest BCUT2D eigenvalue weighted by molar-refractivity contribution is -0.137. The second kappa shape index (κ2) is 13.2. The summed E-state index contributed by atoms with van der Waals surface area (Å²) < 4.78 is 50.5. The number of amides is 3. The fourth-order valence-electron chi connectivity index (χ4n) is 5.44. The summed E-state index contributed by atoms with van der Waals surface area (Å²) in [4.78, 5) is 41.1. The van der Waals surface area contributed by atoms with E-state index >= 15 is 0 Å². The molecular formula is C33H32F3N7O4. The van der Waals surface area contributed by atoms with E-state index in [1.54, 1.807) is 18.3 Å². The Morgan fingerprint density at radius 3 is 2.47 bits per heavy atom. The van der Waals surface area contributed by atoms with Gasteiger partial charge in [0, 0.05) is 66.2 Å². The number of ether oxygens (including phenoxy) is 2. The molecule has 1 saturated heterocycles. The first-order chi connectivity index (χ1) is 22.6. The number of hydrogen-bond donors (Lipinski definition) is 2. The van der Waals surface area contributed by atoms with Crippen LogP contribution < -0.4 is 30.1 Å². The van der Waals surface area contributed by atoms with E-state index in [2.05, 4.69) is 25.5 Å². The smallest absolute Gasteiger partial charge is 0.416 e. The van der Waals surface area contributed by atoms with E-state index in [0.29, 0.717) is 48.5 Å². The number of fused-ring (bicyclic) bond motifs is 1. The molecule has 0 atom stereocenters. The molecule has 2 aliphatic heterocycles. The number of rotatable bonds is 8. The highest BCUT2D eigenvalue weighted by molar-refractivity contribution is 6.07. The van der Waals surface area contributed by atoms with Gasteiger partial charge in [-0.15, -0.1) is 0 Å². The fraction of sp³-hybridized carbons (Fsp3) is 0.273. The summed E-state index contributed by atoms with van der Waals surface area (Å²) in [6.45, 7) is 5.35. The third-order valence-corrected chi connectivity index (χ3v) is 7.85. The number of hydrogen-bond acceptors (Lipinski definition) is 8. The normalized spacial score (nSPS) is 14.9. The average Bonchev–Trinajstić information content (AvgIpc) is 3.08. The van der Waals surface area contributed by atoms with Gasteiger partial charge in [-0.05, 0) is 55.5 Å². The van der Waals surface area contributed by atoms with Gasteiger partial charge in [-0.3, -0.25) is 14.6 Å². The van der Waals surface area contributed by atoms with Gasteiger partial charge in [0.05, 0.1) is 38.1 Å². The van der Waals surface area contributed by atoms with E-state index in [0.717, 1.165) is 36.6 Å². The maximum absolute atomic E-state index is 13.8. The molecule has 2 aliphatic rings. The summed E-state index contributed by atoms with van der Waals surface area (Å²) in [6.07, 6.45) is -2.93. The van der Waals surface area contributed by atoms with Gasteiger partial charge in [-0.1, -0.05) is 6.07 Å². The highest BCUT2D eigenvalue weighted by Gasteiger charge is 2.33. The molecule has 0 saturated carbocycles. The van der Waals surface area contributed by atoms with Crippen molar-refractivity contribution in [3.05, 3.63) is 89.6 Å². The molecule has 1 aromatic heterocycles. The largest absolute Gasteiger partial charge is 0.497 e. The van der Waals surface area contributed by atoms with Crippen LogP contribution in [0.25, 0.3) is 0 Å². The molecule has 0 bridgehead atoms. The van der Waals surface area contributed by atoms with Crippen LogP contribution in [0.5, 0.6) is 5.75 Å². The van der Waals surface area contributed by atoms with Gasteiger partial charge in [0.15, 0.2) is 0 Å². The summed E-state index contributed by atoms with van der Waals surface area (Å²) in [5.74, 6) is 0.393. The lowest BCUT2D eigenvalue weighted by Crippen LogP contribution is -2.48. The van der Waals surface area contributed by atoms with Crippen molar-refractivity contribution in [3.63, 3.8) is 0 Å². The van der Waals surface area contributed by atoms with Crippen LogP contribution in [0, 0.1) is 0 Å². The van der Waals surface area contributed by atoms with Crippen LogP contribution in [-0.4, -0.2) is 61.9 Å². The Labute approximate surface area is 268 Å². The van der Waals surface area contributed by atoms with Crippen LogP contribution in [0.4, 0.5) is 52.5 Å². The molecule has 3 aromatic carbocycles. The van der Waals surface area contributed by atoms with Crippen LogP contribution >= 0.6 is 0 Å². The summed E-state index contributed by atoms with van der Waals surface area (Å²) >= 11 is 0. The molecule has 0 radical (unpaired) electrons. The molecule has 244 valence electrons. The van der Waals surface area contributed by atoms with Crippen molar-refractivity contribution in [1.82, 2.24) is 9.97 Å². The van der Waals surface area contributed by atoms with Crippen LogP contribution in [-0.2, 0) is 17.5 Å². The number of carbonyl (C=O) groups excluding carboxylic acids is 2. The van der Waals surface area contributed by atoms with Crippen molar-refractivity contribution in [3.8, 4) is 5.75 Å². The third-order valence-electron chi connectivity index (χ3n) is 7.85. The standard InChI is InChI=1S/C33H32F3N7O4/c1-3-42-29-22(19-37-31(40-29)39-24-7-9-26(10-8-24)41-11-13-47-14-12-41)20-43(32(42)45)27-16-25(17-28(18-27)46-2)38-30(44)21-5-4-6-23(15-21)33(34,35)36/h4-10,15-19H,3,11-14,20H2,1-2H3,(H,38,44)(H,37,39,40). The molecule has 14 heteroatoms. The first-order valence-corrected chi connectivity index (χ1v) is 15.0.